The van der Waals surface area contributed by atoms with Crippen molar-refractivity contribution >= 4 is 0 Å². The van der Waals surface area contributed by atoms with Crippen LogP contribution in [0.3, 0.4) is 0 Å². The molecule has 26 heavy (non-hydrogen) atoms. The zero-order valence-corrected chi connectivity index (χ0v) is 13.9. The van der Waals surface area contributed by atoms with E-state index in [1.54, 1.807) is 17.2 Å². The largest absolute Gasteiger partial charge is 0.423 e. The summed E-state index contributed by atoms with van der Waals surface area (Å²) < 4.78 is 21.1. The first-order chi connectivity index (χ1) is 12.8. The van der Waals surface area contributed by atoms with Crippen LogP contribution in [0.1, 0.15) is 6.04 Å². The van der Waals surface area contributed by atoms with Gasteiger partial charge < -0.3 is 24.5 Å². The zero-order valence-electron chi connectivity index (χ0n) is 13.9. The van der Waals surface area contributed by atoms with Crippen LogP contribution >= 0.6 is 0 Å². The lowest BCUT2D eigenvalue weighted by Crippen LogP contribution is -2.66. The highest BCUT2D eigenvalue weighted by Gasteiger charge is 2.50. The molecule has 0 unspecified atom stereocenters. The van der Waals surface area contributed by atoms with Gasteiger partial charge in [0.2, 0.25) is 0 Å². The monoisotopic (exact) mass is 356 g/mol. The number of hydrogen-bond acceptors (Lipinski definition) is 7. The average Bonchev–Trinajstić information content (AvgIpc) is 3.42. The predicted molar refractivity (Wildman–Crippen MR) is 86.6 cm³/mol. The Morgan fingerprint density at radius 1 is 1.12 bits per heavy atom. The second kappa shape index (κ2) is 6.16. The van der Waals surface area contributed by atoms with Gasteiger partial charge in [-0.2, -0.15) is 4.68 Å². The van der Waals surface area contributed by atoms with E-state index in [-0.39, 0.29) is 24.3 Å². The van der Waals surface area contributed by atoms with Gasteiger partial charge in [-0.3, -0.25) is 0 Å². The molecular formula is C16H18N7O3+. The molecule has 0 spiro atoms. The number of aromatic nitrogens is 6. The Balaban J connectivity index is 1.35. The molecule has 3 N–H and O–H groups in total. The lowest BCUT2D eigenvalue weighted by molar-refractivity contribution is -0.430. The maximum atomic E-state index is 5.88. The summed E-state index contributed by atoms with van der Waals surface area (Å²) in [5.41, 5.74) is 5.06. The van der Waals surface area contributed by atoms with Crippen LogP contribution in [0.5, 0.6) is 11.8 Å². The second-order valence-corrected chi connectivity index (χ2v) is 6.40. The fourth-order valence-electron chi connectivity index (χ4n) is 3.43. The molecule has 10 nitrogen and oxygen atoms in total. The summed E-state index contributed by atoms with van der Waals surface area (Å²) in [6.45, 7) is 1.06. The van der Waals surface area contributed by atoms with Crippen LogP contribution < -0.4 is 10.5 Å². The lowest BCUT2D eigenvalue weighted by Gasteiger charge is -2.16. The molecule has 4 atom stereocenters. The van der Waals surface area contributed by atoms with Gasteiger partial charge in [-0.1, -0.05) is 5.10 Å². The zero-order chi connectivity index (χ0) is 17.5. The number of hydrogen-bond donors (Lipinski definition) is 1. The van der Waals surface area contributed by atoms with Gasteiger partial charge in [0.25, 0.3) is 0 Å². The van der Waals surface area contributed by atoms with Crippen molar-refractivity contribution in [3.8, 4) is 17.4 Å². The fraction of sp³-hybridized carbons (Fsp3) is 0.375. The van der Waals surface area contributed by atoms with Gasteiger partial charge in [-0.25, -0.2) is 4.98 Å². The molecule has 2 aliphatic heterocycles. The molecule has 2 aromatic heterocycles. The van der Waals surface area contributed by atoms with Crippen molar-refractivity contribution in [1.29, 1.82) is 0 Å². The van der Waals surface area contributed by atoms with Crippen LogP contribution in [0.25, 0.3) is 5.69 Å². The predicted octanol–water partition coefficient (Wildman–Crippen LogP) is -0.400. The number of nitrogens with zero attached hydrogens (tertiary/aromatic N) is 6. The van der Waals surface area contributed by atoms with E-state index in [2.05, 4.69) is 26.2 Å². The fourth-order valence-corrected chi connectivity index (χ4v) is 3.43. The van der Waals surface area contributed by atoms with E-state index in [4.69, 9.17) is 14.2 Å². The maximum Gasteiger partial charge on any atom is 0.341 e. The van der Waals surface area contributed by atoms with Crippen LogP contribution in [-0.2, 0) is 9.47 Å². The second-order valence-electron chi connectivity index (χ2n) is 6.40. The Labute approximate surface area is 148 Å². The third-order valence-corrected chi connectivity index (χ3v) is 4.75. The van der Waals surface area contributed by atoms with Crippen molar-refractivity contribution in [2.75, 3.05) is 13.2 Å². The van der Waals surface area contributed by atoms with E-state index < -0.39 is 0 Å². The molecule has 0 amide bonds. The third kappa shape index (κ3) is 2.55. The topological polar surface area (TPSA) is 117 Å². The lowest BCUT2D eigenvalue weighted by atomic mass is 10.1. The van der Waals surface area contributed by atoms with E-state index in [1.165, 1.54) is 0 Å². The molecule has 10 heteroatoms. The van der Waals surface area contributed by atoms with Crippen LogP contribution in [0.15, 0.2) is 43.0 Å². The number of ether oxygens (including phenoxy) is 3. The first kappa shape index (κ1) is 15.4. The van der Waals surface area contributed by atoms with Gasteiger partial charge >= 0.3 is 6.01 Å². The standard InChI is InChI=1S/C16H17N7O3/c17-12-7-24-15-13(8-25-14(12)15)23-16(19-20-21-23)26-11-3-1-10(2-4-11)22-6-5-18-9-22/h1-6,9,12-15H,7-8,17H2/p+1/t12-,13-,14+,15+/m0/s1. The molecule has 4 heterocycles. The summed E-state index contributed by atoms with van der Waals surface area (Å²) in [5.74, 6) is 0.641. The van der Waals surface area contributed by atoms with E-state index in [0.717, 1.165) is 5.69 Å². The SMILES string of the molecule is [NH3+][C@H]1CO[C@H]2[C@@H]1OC[C@@H]2n1nnnc1Oc1ccc(-n2ccnc2)cc1. The molecule has 0 bridgehead atoms. The summed E-state index contributed by atoms with van der Waals surface area (Å²) in [6.07, 6.45) is 5.23. The van der Waals surface area contributed by atoms with Crippen molar-refractivity contribution in [3.05, 3.63) is 43.0 Å². The van der Waals surface area contributed by atoms with Crippen molar-refractivity contribution in [2.45, 2.75) is 24.3 Å². The van der Waals surface area contributed by atoms with Gasteiger partial charge in [0, 0.05) is 18.1 Å². The van der Waals surface area contributed by atoms with Gasteiger partial charge in [0.15, 0.2) is 0 Å². The normalized spacial score (nSPS) is 27.6. The molecule has 2 fully saturated rings. The molecule has 0 saturated carbocycles. The average molecular weight is 356 g/mol. The van der Waals surface area contributed by atoms with Gasteiger partial charge in [-0.05, 0) is 34.7 Å². The molecule has 3 aromatic rings. The van der Waals surface area contributed by atoms with Crippen molar-refractivity contribution < 1.29 is 19.9 Å². The van der Waals surface area contributed by atoms with Crippen LogP contribution in [0, 0.1) is 0 Å². The van der Waals surface area contributed by atoms with Gasteiger partial charge in [0.1, 0.15) is 36.6 Å². The summed E-state index contributed by atoms with van der Waals surface area (Å²) in [5, 5.41) is 11.8. The summed E-state index contributed by atoms with van der Waals surface area (Å²) >= 11 is 0. The Bertz CT molecular complexity index is 880. The third-order valence-electron chi connectivity index (χ3n) is 4.75. The molecule has 0 radical (unpaired) electrons. The van der Waals surface area contributed by atoms with Crippen molar-refractivity contribution in [1.82, 2.24) is 29.8 Å². The van der Waals surface area contributed by atoms with Gasteiger partial charge in [-0.15, -0.1) is 0 Å². The number of rotatable bonds is 4. The highest BCUT2D eigenvalue weighted by Crippen LogP contribution is 2.34. The van der Waals surface area contributed by atoms with E-state index in [1.807, 2.05) is 35.0 Å². The Morgan fingerprint density at radius 2 is 1.96 bits per heavy atom. The number of fused-ring (bicyclic) bond motifs is 1. The number of quaternary nitrogens is 1. The van der Waals surface area contributed by atoms with E-state index >= 15 is 0 Å². The van der Waals surface area contributed by atoms with Crippen molar-refractivity contribution in [2.24, 2.45) is 0 Å². The Hall–Kier alpha value is -2.82. The minimum atomic E-state index is -0.123. The molecular weight excluding hydrogens is 338 g/mol. The summed E-state index contributed by atoms with van der Waals surface area (Å²) in [4.78, 5) is 4.04. The number of benzene rings is 1. The minimum absolute atomic E-state index is 0.0217. The minimum Gasteiger partial charge on any atom is -0.423 e. The molecule has 2 saturated heterocycles. The van der Waals surface area contributed by atoms with Crippen LogP contribution in [-0.4, -0.2) is 61.2 Å². The molecule has 134 valence electrons. The maximum absolute atomic E-state index is 5.88. The number of imidazole rings is 1. The summed E-state index contributed by atoms with van der Waals surface area (Å²) in [6, 6.07) is 7.91. The first-order valence-electron chi connectivity index (χ1n) is 8.40. The van der Waals surface area contributed by atoms with Gasteiger partial charge in [0.05, 0.1) is 12.9 Å². The first-order valence-corrected chi connectivity index (χ1v) is 8.40. The van der Waals surface area contributed by atoms with Crippen molar-refractivity contribution in [3.63, 3.8) is 0 Å². The number of tetrazole rings is 1. The molecule has 5 rings (SSSR count). The summed E-state index contributed by atoms with van der Waals surface area (Å²) in [7, 11) is 0. The van der Waals surface area contributed by atoms with Crippen LogP contribution in [0.2, 0.25) is 0 Å². The smallest absolute Gasteiger partial charge is 0.341 e. The molecule has 2 aliphatic rings. The Morgan fingerprint density at radius 3 is 2.77 bits per heavy atom. The van der Waals surface area contributed by atoms with E-state index in [9.17, 15) is 0 Å². The highest BCUT2D eigenvalue weighted by atomic mass is 16.6. The molecule has 1 aromatic carbocycles. The quantitative estimate of drug-likeness (QED) is 0.676. The van der Waals surface area contributed by atoms with Crippen LogP contribution in [0.4, 0.5) is 0 Å². The van der Waals surface area contributed by atoms with E-state index in [0.29, 0.717) is 25.0 Å². The Kier molecular flexibility index (Phi) is 3.66. The molecule has 0 aliphatic carbocycles. The highest BCUT2D eigenvalue weighted by molar-refractivity contribution is 5.38.